The summed E-state index contributed by atoms with van der Waals surface area (Å²) in [6.07, 6.45) is 3.17. The van der Waals surface area contributed by atoms with Crippen molar-refractivity contribution in [3.63, 3.8) is 0 Å². The standard InChI is InChI=1S/C9H11Cl2N3/c10-7-5-6(8(11)14-13-7)9(1-2-9)3-4-12/h5H,1-4,12H2. The first-order valence-electron chi connectivity index (χ1n) is 4.57. The molecule has 1 heterocycles. The number of aromatic nitrogens is 2. The van der Waals surface area contributed by atoms with Gasteiger partial charge in [-0.2, -0.15) is 0 Å². The van der Waals surface area contributed by atoms with Crippen molar-refractivity contribution in [2.24, 2.45) is 5.73 Å². The van der Waals surface area contributed by atoms with E-state index in [2.05, 4.69) is 10.2 Å². The summed E-state index contributed by atoms with van der Waals surface area (Å²) in [4.78, 5) is 0. The Bertz CT molecular complexity index is 350. The van der Waals surface area contributed by atoms with Crippen molar-refractivity contribution in [3.05, 3.63) is 21.9 Å². The Hall–Kier alpha value is -0.380. The second-order valence-corrected chi connectivity index (χ2v) is 4.44. The molecule has 0 radical (unpaired) electrons. The first-order valence-corrected chi connectivity index (χ1v) is 5.33. The minimum Gasteiger partial charge on any atom is -0.330 e. The van der Waals surface area contributed by atoms with Gasteiger partial charge in [-0.3, -0.25) is 0 Å². The molecule has 76 valence electrons. The summed E-state index contributed by atoms with van der Waals surface area (Å²) >= 11 is 11.8. The van der Waals surface area contributed by atoms with Crippen molar-refractivity contribution in [1.29, 1.82) is 0 Å². The Kier molecular flexibility index (Phi) is 2.64. The number of halogens is 2. The lowest BCUT2D eigenvalue weighted by Gasteiger charge is -2.14. The molecule has 1 fully saturated rings. The quantitative estimate of drug-likeness (QED) is 0.868. The minimum atomic E-state index is 0.130. The molecule has 0 spiro atoms. The fourth-order valence-corrected chi connectivity index (χ4v) is 2.25. The zero-order valence-electron chi connectivity index (χ0n) is 7.63. The van der Waals surface area contributed by atoms with Crippen molar-refractivity contribution in [2.75, 3.05) is 6.54 Å². The maximum absolute atomic E-state index is 5.98. The molecule has 0 aromatic carbocycles. The van der Waals surface area contributed by atoms with E-state index in [1.54, 1.807) is 6.07 Å². The van der Waals surface area contributed by atoms with Crippen LogP contribution in [0.25, 0.3) is 0 Å². The molecule has 1 saturated carbocycles. The van der Waals surface area contributed by atoms with Gasteiger partial charge in [-0.25, -0.2) is 0 Å². The van der Waals surface area contributed by atoms with Gasteiger partial charge in [-0.15, -0.1) is 10.2 Å². The van der Waals surface area contributed by atoms with Crippen molar-refractivity contribution < 1.29 is 0 Å². The van der Waals surface area contributed by atoms with Crippen LogP contribution in [0.2, 0.25) is 10.3 Å². The zero-order chi connectivity index (χ0) is 10.2. The van der Waals surface area contributed by atoms with Crippen LogP contribution in [0.3, 0.4) is 0 Å². The maximum atomic E-state index is 5.98. The summed E-state index contributed by atoms with van der Waals surface area (Å²) in [6.45, 7) is 0.663. The van der Waals surface area contributed by atoms with Gasteiger partial charge in [0, 0.05) is 5.56 Å². The third-order valence-electron chi connectivity index (χ3n) is 2.77. The van der Waals surface area contributed by atoms with Crippen LogP contribution in [0.5, 0.6) is 0 Å². The van der Waals surface area contributed by atoms with Crippen LogP contribution in [0.1, 0.15) is 24.8 Å². The van der Waals surface area contributed by atoms with E-state index in [0.29, 0.717) is 16.9 Å². The third-order valence-corrected chi connectivity index (χ3v) is 3.23. The second kappa shape index (κ2) is 3.65. The van der Waals surface area contributed by atoms with Crippen LogP contribution >= 0.6 is 23.2 Å². The van der Waals surface area contributed by atoms with E-state index in [-0.39, 0.29) is 5.41 Å². The number of nitrogens with two attached hydrogens (primary N) is 1. The predicted octanol–water partition coefficient (Wildman–Crippen LogP) is 2.16. The lowest BCUT2D eigenvalue weighted by atomic mass is 9.94. The average Bonchev–Trinajstić information content (AvgIpc) is 2.91. The topological polar surface area (TPSA) is 51.8 Å². The van der Waals surface area contributed by atoms with Gasteiger partial charge < -0.3 is 5.73 Å². The van der Waals surface area contributed by atoms with Crippen molar-refractivity contribution in [1.82, 2.24) is 10.2 Å². The first-order chi connectivity index (χ1) is 6.68. The van der Waals surface area contributed by atoms with Crippen LogP contribution in [0.15, 0.2) is 6.07 Å². The number of hydrogen-bond donors (Lipinski definition) is 1. The maximum Gasteiger partial charge on any atom is 0.155 e. The number of rotatable bonds is 3. The summed E-state index contributed by atoms with van der Waals surface area (Å²) < 4.78 is 0. The van der Waals surface area contributed by atoms with Crippen LogP contribution in [0, 0.1) is 0 Å². The lowest BCUT2D eigenvalue weighted by molar-refractivity contribution is 0.624. The first kappa shape index (κ1) is 10.1. The van der Waals surface area contributed by atoms with E-state index >= 15 is 0 Å². The van der Waals surface area contributed by atoms with Crippen molar-refractivity contribution in [3.8, 4) is 0 Å². The highest BCUT2D eigenvalue weighted by Crippen LogP contribution is 2.52. The van der Waals surface area contributed by atoms with Crippen LogP contribution in [0.4, 0.5) is 0 Å². The van der Waals surface area contributed by atoms with Gasteiger partial charge in [0.05, 0.1) is 0 Å². The molecule has 2 N–H and O–H groups in total. The van der Waals surface area contributed by atoms with E-state index < -0.39 is 0 Å². The molecule has 0 atom stereocenters. The molecule has 1 aromatic heterocycles. The molecule has 1 aliphatic rings. The smallest absolute Gasteiger partial charge is 0.155 e. The highest BCUT2D eigenvalue weighted by Gasteiger charge is 2.45. The number of hydrogen-bond acceptors (Lipinski definition) is 3. The summed E-state index contributed by atoms with van der Waals surface area (Å²) in [5.41, 5.74) is 6.70. The Morgan fingerprint density at radius 2 is 2.07 bits per heavy atom. The Morgan fingerprint density at radius 3 is 2.64 bits per heavy atom. The van der Waals surface area contributed by atoms with E-state index in [9.17, 15) is 0 Å². The predicted molar refractivity (Wildman–Crippen MR) is 56.6 cm³/mol. The molecule has 5 heteroatoms. The van der Waals surface area contributed by atoms with Gasteiger partial charge in [0.25, 0.3) is 0 Å². The fraction of sp³-hybridized carbons (Fsp3) is 0.556. The molecule has 0 saturated heterocycles. The third kappa shape index (κ3) is 1.72. The van der Waals surface area contributed by atoms with Crippen molar-refractivity contribution in [2.45, 2.75) is 24.7 Å². The van der Waals surface area contributed by atoms with Gasteiger partial charge in [0.15, 0.2) is 10.3 Å². The normalized spacial score (nSPS) is 18.2. The minimum absolute atomic E-state index is 0.130. The molecule has 1 aliphatic carbocycles. The van der Waals surface area contributed by atoms with E-state index in [1.807, 2.05) is 0 Å². The van der Waals surface area contributed by atoms with Gasteiger partial charge in [-0.1, -0.05) is 23.2 Å². The molecular weight excluding hydrogens is 221 g/mol. The largest absolute Gasteiger partial charge is 0.330 e. The lowest BCUT2D eigenvalue weighted by Crippen LogP contribution is -2.14. The SMILES string of the molecule is NCCC1(c2cc(Cl)nnc2Cl)CC1. The van der Waals surface area contributed by atoms with Gasteiger partial charge in [-0.05, 0) is 37.3 Å². The summed E-state index contributed by atoms with van der Waals surface area (Å²) in [7, 11) is 0. The Morgan fingerprint density at radius 1 is 1.36 bits per heavy atom. The molecular formula is C9H11Cl2N3. The summed E-state index contributed by atoms with van der Waals surface area (Å²) in [6, 6.07) is 1.81. The molecule has 1 aromatic rings. The molecule has 14 heavy (non-hydrogen) atoms. The molecule has 2 rings (SSSR count). The van der Waals surface area contributed by atoms with Gasteiger partial charge >= 0.3 is 0 Å². The van der Waals surface area contributed by atoms with Crippen molar-refractivity contribution >= 4 is 23.2 Å². The summed E-state index contributed by atoms with van der Waals surface area (Å²) in [5, 5.41) is 8.36. The molecule has 3 nitrogen and oxygen atoms in total. The van der Waals surface area contributed by atoms with E-state index in [4.69, 9.17) is 28.9 Å². The highest BCUT2D eigenvalue weighted by molar-refractivity contribution is 6.31. The van der Waals surface area contributed by atoms with E-state index in [1.165, 1.54) is 0 Å². The Labute approximate surface area is 92.6 Å². The van der Waals surface area contributed by atoms with E-state index in [0.717, 1.165) is 24.8 Å². The molecule has 0 bridgehead atoms. The van der Waals surface area contributed by atoms with Crippen LogP contribution in [-0.4, -0.2) is 16.7 Å². The van der Waals surface area contributed by atoms with Crippen LogP contribution in [-0.2, 0) is 5.41 Å². The highest BCUT2D eigenvalue weighted by atomic mass is 35.5. The fourth-order valence-electron chi connectivity index (χ4n) is 1.81. The number of nitrogens with zero attached hydrogens (tertiary/aromatic N) is 2. The Balaban J connectivity index is 2.35. The molecule has 0 unspecified atom stereocenters. The zero-order valence-corrected chi connectivity index (χ0v) is 9.15. The average molecular weight is 232 g/mol. The molecule has 0 aliphatic heterocycles. The monoisotopic (exact) mass is 231 g/mol. The second-order valence-electron chi connectivity index (χ2n) is 3.69. The van der Waals surface area contributed by atoms with Crippen LogP contribution < -0.4 is 5.73 Å². The van der Waals surface area contributed by atoms with Gasteiger partial charge in [0.2, 0.25) is 0 Å². The van der Waals surface area contributed by atoms with Gasteiger partial charge in [0.1, 0.15) is 0 Å². The molecule has 0 amide bonds. The summed E-state index contributed by atoms with van der Waals surface area (Å²) in [5.74, 6) is 0.